The number of aryl methyl sites for hydroxylation is 1. The molecule has 0 spiro atoms. The number of aromatic nitrogens is 2. The average Bonchev–Trinajstić information content (AvgIpc) is 2.46. The van der Waals surface area contributed by atoms with Crippen LogP contribution in [0.4, 0.5) is 11.6 Å². The fourth-order valence-corrected chi connectivity index (χ4v) is 2.31. The zero-order valence-corrected chi connectivity index (χ0v) is 13.4. The molecule has 2 rings (SSSR count). The highest BCUT2D eigenvalue weighted by atomic mass is 35.5. The van der Waals surface area contributed by atoms with Gasteiger partial charge in [0.1, 0.15) is 17.5 Å². The van der Waals surface area contributed by atoms with Crippen molar-refractivity contribution in [1.29, 1.82) is 0 Å². The number of benzene rings is 1. The summed E-state index contributed by atoms with van der Waals surface area (Å²) in [5, 5.41) is 0.741. The van der Waals surface area contributed by atoms with E-state index in [0.717, 1.165) is 29.5 Å². The summed E-state index contributed by atoms with van der Waals surface area (Å²) in [6.45, 7) is 4.23. The van der Waals surface area contributed by atoms with Crippen LogP contribution in [0.5, 0.6) is 0 Å². The van der Waals surface area contributed by atoms with Gasteiger partial charge in [-0.3, -0.25) is 0 Å². The van der Waals surface area contributed by atoms with Gasteiger partial charge in [-0.1, -0.05) is 30.7 Å². The summed E-state index contributed by atoms with van der Waals surface area (Å²) in [7, 11) is 2.01. The molecule has 5 heteroatoms. The van der Waals surface area contributed by atoms with Crippen molar-refractivity contribution < 1.29 is 0 Å². The Labute approximate surface area is 131 Å². The van der Waals surface area contributed by atoms with E-state index in [1.165, 1.54) is 5.56 Å². The predicted octanol–water partition coefficient (Wildman–Crippen LogP) is 3.86. The Bertz CT molecular complexity index is 598. The van der Waals surface area contributed by atoms with Crippen LogP contribution in [0.2, 0.25) is 5.02 Å². The molecule has 0 radical (unpaired) electrons. The summed E-state index contributed by atoms with van der Waals surface area (Å²) in [6, 6.07) is 9.84. The van der Waals surface area contributed by atoms with Gasteiger partial charge in [0, 0.05) is 24.6 Å². The van der Waals surface area contributed by atoms with Crippen molar-refractivity contribution in [2.45, 2.75) is 32.7 Å². The van der Waals surface area contributed by atoms with Gasteiger partial charge in [0.05, 0.1) is 6.04 Å². The second-order valence-electron chi connectivity index (χ2n) is 5.16. The molecule has 1 aromatic heterocycles. The number of hydrogen-bond donors (Lipinski definition) is 1. The zero-order valence-electron chi connectivity index (χ0n) is 12.7. The van der Waals surface area contributed by atoms with Gasteiger partial charge in [0.25, 0.3) is 0 Å². The van der Waals surface area contributed by atoms with Crippen LogP contribution < -0.4 is 10.6 Å². The first-order valence-electron chi connectivity index (χ1n) is 7.13. The number of nitrogens with zero attached hydrogens (tertiary/aromatic N) is 3. The Morgan fingerprint density at radius 3 is 2.52 bits per heavy atom. The van der Waals surface area contributed by atoms with E-state index in [1.54, 1.807) is 0 Å². The van der Waals surface area contributed by atoms with Crippen molar-refractivity contribution in [2.75, 3.05) is 17.7 Å². The average molecular weight is 305 g/mol. The maximum absolute atomic E-state index is 5.94. The van der Waals surface area contributed by atoms with Gasteiger partial charge >= 0.3 is 0 Å². The molecule has 1 unspecified atom stereocenters. The third-order valence-corrected chi connectivity index (χ3v) is 3.80. The summed E-state index contributed by atoms with van der Waals surface area (Å²) in [5.74, 6) is 2.15. The predicted molar refractivity (Wildman–Crippen MR) is 88.7 cm³/mol. The quantitative estimate of drug-likeness (QED) is 0.911. The van der Waals surface area contributed by atoms with Gasteiger partial charge in [-0.25, -0.2) is 9.97 Å². The fraction of sp³-hybridized carbons (Fsp3) is 0.375. The lowest BCUT2D eigenvalue weighted by molar-refractivity contribution is 0.719. The lowest BCUT2D eigenvalue weighted by Gasteiger charge is -2.26. The highest BCUT2D eigenvalue weighted by Gasteiger charge is 2.15. The summed E-state index contributed by atoms with van der Waals surface area (Å²) < 4.78 is 0. The van der Waals surface area contributed by atoms with E-state index in [4.69, 9.17) is 17.3 Å². The third kappa shape index (κ3) is 3.85. The summed E-state index contributed by atoms with van der Waals surface area (Å²) in [6.07, 6.45) is 1.83. The van der Waals surface area contributed by atoms with Gasteiger partial charge in [-0.15, -0.1) is 0 Å². The molecule has 4 nitrogen and oxygen atoms in total. The second kappa shape index (κ2) is 6.76. The van der Waals surface area contributed by atoms with E-state index in [-0.39, 0.29) is 6.04 Å². The second-order valence-corrected chi connectivity index (χ2v) is 5.59. The SMILES string of the molecule is CCCc1nc(N)cc(N(C)C(C)c2ccc(Cl)cc2)n1. The maximum atomic E-state index is 5.94. The van der Waals surface area contributed by atoms with Crippen molar-refractivity contribution in [1.82, 2.24) is 9.97 Å². The molecule has 0 amide bonds. The highest BCUT2D eigenvalue weighted by molar-refractivity contribution is 6.30. The molecular weight excluding hydrogens is 284 g/mol. The van der Waals surface area contributed by atoms with Crippen molar-refractivity contribution >= 4 is 23.2 Å². The van der Waals surface area contributed by atoms with Crippen molar-refractivity contribution in [3.05, 3.63) is 46.7 Å². The molecule has 0 aliphatic heterocycles. The monoisotopic (exact) mass is 304 g/mol. The van der Waals surface area contributed by atoms with E-state index >= 15 is 0 Å². The number of nitrogens with two attached hydrogens (primary N) is 1. The topological polar surface area (TPSA) is 55.0 Å². The van der Waals surface area contributed by atoms with Crippen LogP contribution in [-0.4, -0.2) is 17.0 Å². The molecule has 21 heavy (non-hydrogen) atoms. The molecule has 0 saturated carbocycles. The minimum atomic E-state index is 0.172. The number of anilines is 2. The van der Waals surface area contributed by atoms with Crippen LogP contribution >= 0.6 is 11.6 Å². The number of rotatable bonds is 5. The van der Waals surface area contributed by atoms with Crippen LogP contribution in [0.1, 0.15) is 37.7 Å². The van der Waals surface area contributed by atoms with Gasteiger partial charge in [-0.05, 0) is 31.0 Å². The molecule has 0 bridgehead atoms. The molecule has 0 aliphatic rings. The normalized spacial score (nSPS) is 12.2. The summed E-state index contributed by atoms with van der Waals surface area (Å²) >= 11 is 5.94. The molecule has 0 aliphatic carbocycles. The summed E-state index contributed by atoms with van der Waals surface area (Å²) in [5.41, 5.74) is 7.07. The highest BCUT2D eigenvalue weighted by Crippen LogP contribution is 2.25. The van der Waals surface area contributed by atoms with Gasteiger partial charge < -0.3 is 10.6 Å². The van der Waals surface area contributed by atoms with Crippen LogP contribution in [-0.2, 0) is 6.42 Å². The first-order valence-corrected chi connectivity index (χ1v) is 7.50. The Balaban J connectivity index is 2.26. The van der Waals surface area contributed by atoms with Gasteiger partial charge in [0.15, 0.2) is 0 Å². The Morgan fingerprint density at radius 2 is 1.90 bits per heavy atom. The van der Waals surface area contributed by atoms with Crippen LogP contribution in [0.3, 0.4) is 0 Å². The largest absolute Gasteiger partial charge is 0.384 e. The van der Waals surface area contributed by atoms with E-state index < -0.39 is 0 Å². The smallest absolute Gasteiger partial charge is 0.134 e. The van der Waals surface area contributed by atoms with E-state index in [9.17, 15) is 0 Å². The molecule has 1 atom stereocenters. The van der Waals surface area contributed by atoms with E-state index in [1.807, 2.05) is 37.4 Å². The molecule has 112 valence electrons. The molecule has 2 aromatic rings. The molecule has 0 saturated heterocycles. The lowest BCUT2D eigenvalue weighted by atomic mass is 10.1. The van der Waals surface area contributed by atoms with Crippen molar-refractivity contribution in [3.8, 4) is 0 Å². The van der Waals surface area contributed by atoms with Gasteiger partial charge in [0.2, 0.25) is 0 Å². The molecule has 1 aromatic carbocycles. The Morgan fingerprint density at radius 1 is 1.24 bits per heavy atom. The first-order chi connectivity index (χ1) is 10.0. The third-order valence-electron chi connectivity index (χ3n) is 3.55. The molecular formula is C16H21ClN4. The minimum Gasteiger partial charge on any atom is -0.384 e. The van der Waals surface area contributed by atoms with Crippen LogP contribution in [0, 0.1) is 0 Å². The minimum absolute atomic E-state index is 0.172. The van der Waals surface area contributed by atoms with Crippen LogP contribution in [0.25, 0.3) is 0 Å². The van der Waals surface area contributed by atoms with E-state index in [0.29, 0.717) is 5.82 Å². The van der Waals surface area contributed by atoms with Gasteiger partial charge in [-0.2, -0.15) is 0 Å². The van der Waals surface area contributed by atoms with Crippen molar-refractivity contribution in [3.63, 3.8) is 0 Å². The first kappa shape index (κ1) is 15.6. The van der Waals surface area contributed by atoms with E-state index in [2.05, 4.69) is 28.7 Å². The zero-order chi connectivity index (χ0) is 15.4. The standard InChI is InChI=1S/C16H21ClN4/c1-4-5-15-19-14(18)10-16(20-15)21(3)11(2)12-6-8-13(17)9-7-12/h6-11H,4-5H2,1-3H3,(H2,18,19,20). The lowest BCUT2D eigenvalue weighted by Crippen LogP contribution is -2.23. The number of halogens is 1. The molecule has 1 heterocycles. The van der Waals surface area contributed by atoms with Crippen molar-refractivity contribution in [2.24, 2.45) is 0 Å². The fourth-order valence-electron chi connectivity index (χ4n) is 2.18. The number of nitrogen functional groups attached to an aromatic ring is 1. The Kier molecular flexibility index (Phi) is 5.02. The number of hydrogen-bond acceptors (Lipinski definition) is 4. The maximum Gasteiger partial charge on any atom is 0.134 e. The molecule has 0 fully saturated rings. The molecule has 2 N–H and O–H groups in total. The summed E-state index contributed by atoms with van der Waals surface area (Å²) in [4.78, 5) is 11.0. The Hall–Kier alpha value is -1.81. The van der Waals surface area contributed by atoms with Crippen LogP contribution in [0.15, 0.2) is 30.3 Å².